The highest BCUT2D eigenvalue weighted by Gasteiger charge is 2.43. The minimum absolute atomic E-state index is 0.0442. The maximum atomic E-state index is 12.0. The van der Waals surface area contributed by atoms with Gasteiger partial charge in [0, 0.05) is 6.42 Å². The molecule has 4 nitrogen and oxygen atoms in total. The summed E-state index contributed by atoms with van der Waals surface area (Å²) in [5, 5.41) is 3.13. The molecule has 104 valence electrons. The predicted molar refractivity (Wildman–Crippen MR) is 73.1 cm³/mol. The van der Waals surface area contributed by atoms with Crippen molar-refractivity contribution in [3.8, 4) is 5.75 Å². The second-order valence-corrected chi connectivity index (χ2v) is 4.97. The van der Waals surface area contributed by atoms with Crippen molar-refractivity contribution in [2.75, 3.05) is 14.2 Å². The van der Waals surface area contributed by atoms with E-state index in [2.05, 4.69) is 5.32 Å². The van der Waals surface area contributed by atoms with E-state index in [-0.39, 0.29) is 12.1 Å². The van der Waals surface area contributed by atoms with Crippen LogP contribution in [0.3, 0.4) is 0 Å². The van der Waals surface area contributed by atoms with Gasteiger partial charge in [-0.3, -0.25) is 4.79 Å². The fourth-order valence-corrected chi connectivity index (χ4v) is 2.73. The summed E-state index contributed by atoms with van der Waals surface area (Å²) in [5.41, 5.74) is -0.605. The van der Waals surface area contributed by atoms with Crippen LogP contribution in [0.1, 0.15) is 25.7 Å². The van der Waals surface area contributed by atoms with E-state index in [9.17, 15) is 4.79 Å². The number of benzene rings is 1. The van der Waals surface area contributed by atoms with Gasteiger partial charge in [0.15, 0.2) is 0 Å². The van der Waals surface area contributed by atoms with Gasteiger partial charge in [0.1, 0.15) is 17.4 Å². The van der Waals surface area contributed by atoms with Crippen molar-refractivity contribution in [2.24, 2.45) is 0 Å². The molecule has 0 spiro atoms. The van der Waals surface area contributed by atoms with Gasteiger partial charge >= 0.3 is 5.97 Å². The molecule has 0 aromatic heterocycles. The Labute approximate surface area is 114 Å². The molecule has 1 aliphatic rings. The zero-order chi connectivity index (χ0) is 13.7. The normalized spacial score (nSPS) is 26.7. The molecule has 1 N–H and O–H groups in total. The van der Waals surface area contributed by atoms with Gasteiger partial charge in [-0.05, 0) is 38.4 Å². The van der Waals surface area contributed by atoms with Crippen LogP contribution in [-0.4, -0.2) is 31.8 Å². The topological polar surface area (TPSA) is 47.6 Å². The Kier molecular flexibility index (Phi) is 4.43. The summed E-state index contributed by atoms with van der Waals surface area (Å²) in [7, 11) is 3.24. The van der Waals surface area contributed by atoms with Gasteiger partial charge in [-0.1, -0.05) is 18.2 Å². The number of likely N-dealkylation sites (N-methyl/N-ethyl adjacent to an activating group) is 1. The molecule has 2 atom stereocenters. The van der Waals surface area contributed by atoms with Crippen LogP contribution in [0.5, 0.6) is 5.75 Å². The molecule has 1 aromatic rings. The molecule has 19 heavy (non-hydrogen) atoms. The van der Waals surface area contributed by atoms with Crippen LogP contribution >= 0.6 is 0 Å². The lowest BCUT2D eigenvalue weighted by molar-refractivity contribution is -0.151. The number of carbonyl (C=O) groups is 1. The zero-order valence-electron chi connectivity index (χ0n) is 11.5. The van der Waals surface area contributed by atoms with Crippen molar-refractivity contribution in [1.29, 1.82) is 0 Å². The first kappa shape index (κ1) is 13.9. The summed E-state index contributed by atoms with van der Waals surface area (Å²) in [5.74, 6) is 0.653. The number of hydrogen-bond donors (Lipinski definition) is 1. The highest BCUT2D eigenvalue weighted by molar-refractivity contribution is 5.81. The third-order valence-corrected chi connectivity index (χ3v) is 3.81. The van der Waals surface area contributed by atoms with Gasteiger partial charge in [0.05, 0.1) is 7.11 Å². The van der Waals surface area contributed by atoms with Crippen molar-refractivity contribution in [1.82, 2.24) is 5.32 Å². The number of hydrogen-bond acceptors (Lipinski definition) is 4. The molecule has 2 rings (SSSR count). The van der Waals surface area contributed by atoms with E-state index < -0.39 is 5.54 Å². The van der Waals surface area contributed by atoms with Crippen LogP contribution < -0.4 is 10.1 Å². The minimum Gasteiger partial charge on any atom is -0.490 e. The van der Waals surface area contributed by atoms with Crippen LogP contribution in [-0.2, 0) is 9.53 Å². The van der Waals surface area contributed by atoms with E-state index in [0.29, 0.717) is 6.42 Å². The van der Waals surface area contributed by atoms with E-state index >= 15 is 0 Å². The summed E-state index contributed by atoms with van der Waals surface area (Å²) in [6.45, 7) is 0. The lowest BCUT2D eigenvalue weighted by atomic mass is 9.80. The number of para-hydroxylation sites is 1. The highest BCUT2D eigenvalue weighted by atomic mass is 16.5. The first-order valence-corrected chi connectivity index (χ1v) is 6.69. The molecule has 4 heteroatoms. The summed E-state index contributed by atoms with van der Waals surface area (Å²) in [6.07, 6.45) is 3.40. The zero-order valence-corrected chi connectivity index (χ0v) is 11.5. The van der Waals surface area contributed by atoms with Crippen LogP contribution in [0.2, 0.25) is 0 Å². The summed E-state index contributed by atoms with van der Waals surface area (Å²) >= 11 is 0. The molecule has 1 aromatic carbocycles. The third-order valence-electron chi connectivity index (χ3n) is 3.81. The molecule has 0 bridgehead atoms. The smallest absolute Gasteiger partial charge is 0.326 e. The van der Waals surface area contributed by atoms with Crippen LogP contribution in [0.25, 0.3) is 0 Å². The Morgan fingerprint density at radius 3 is 2.74 bits per heavy atom. The van der Waals surface area contributed by atoms with E-state index in [0.717, 1.165) is 25.0 Å². The Hall–Kier alpha value is -1.55. The average molecular weight is 263 g/mol. The van der Waals surface area contributed by atoms with Crippen molar-refractivity contribution in [3.05, 3.63) is 30.3 Å². The number of esters is 1. The summed E-state index contributed by atoms with van der Waals surface area (Å²) < 4.78 is 10.9. The first-order valence-electron chi connectivity index (χ1n) is 6.69. The Balaban J connectivity index is 2.06. The molecular formula is C15H21NO3. The number of ether oxygens (including phenoxy) is 2. The quantitative estimate of drug-likeness (QED) is 0.845. The molecule has 1 saturated carbocycles. The van der Waals surface area contributed by atoms with Gasteiger partial charge in [-0.2, -0.15) is 0 Å². The molecule has 0 saturated heterocycles. The standard InChI is InChI=1S/C15H21NO3/c1-16-15(14(17)18-2)10-6-9-13(11-15)19-12-7-4-3-5-8-12/h3-5,7-8,13,16H,6,9-11H2,1-2H3. The number of rotatable bonds is 4. The monoisotopic (exact) mass is 263 g/mol. The molecule has 0 amide bonds. The lowest BCUT2D eigenvalue weighted by Gasteiger charge is -2.38. The lowest BCUT2D eigenvalue weighted by Crippen LogP contribution is -2.55. The molecule has 0 radical (unpaired) electrons. The summed E-state index contributed by atoms with van der Waals surface area (Å²) in [6, 6.07) is 9.73. The molecule has 0 heterocycles. The Bertz CT molecular complexity index is 421. The van der Waals surface area contributed by atoms with E-state index in [1.807, 2.05) is 37.4 Å². The van der Waals surface area contributed by atoms with Gasteiger partial charge in [0.2, 0.25) is 0 Å². The Morgan fingerprint density at radius 1 is 1.37 bits per heavy atom. The van der Waals surface area contributed by atoms with Crippen molar-refractivity contribution in [3.63, 3.8) is 0 Å². The van der Waals surface area contributed by atoms with Crippen molar-refractivity contribution in [2.45, 2.75) is 37.3 Å². The SMILES string of the molecule is CNC1(C(=O)OC)CCCC(Oc2ccccc2)C1. The van der Waals surface area contributed by atoms with Crippen LogP contribution in [0, 0.1) is 0 Å². The highest BCUT2D eigenvalue weighted by Crippen LogP contribution is 2.31. The second kappa shape index (κ2) is 6.06. The number of carbonyl (C=O) groups excluding carboxylic acids is 1. The van der Waals surface area contributed by atoms with Crippen LogP contribution in [0.15, 0.2) is 30.3 Å². The Morgan fingerprint density at radius 2 is 2.11 bits per heavy atom. The fraction of sp³-hybridized carbons (Fsp3) is 0.533. The maximum Gasteiger partial charge on any atom is 0.326 e. The average Bonchev–Trinajstić information content (AvgIpc) is 2.47. The van der Waals surface area contributed by atoms with Crippen LogP contribution in [0.4, 0.5) is 0 Å². The minimum atomic E-state index is -0.605. The third kappa shape index (κ3) is 3.07. The maximum absolute atomic E-state index is 12.0. The van der Waals surface area contributed by atoms with E-state index in [1.165, 1.54) is 7.11 Å². The van der Waals surface area contributed by atoms with Gasteiger partial charge in [-0.15, -0.1) is 0 Å². The van der Waals surface area contributed by atoms with Gasteiger partial charge in [-0.25, -0.2) is 0 Å². The van der Waals surface area contributed by atoms with E-state index in [4.69, 9.17) is 9.47 Å². The van der Waals surface area contributed by atoms with Gasteiger partial charge in [0.25, 0.3) is 0 Å². The summed E-state index contributed by atoms with van der Waals surface area (Å²) in [4.78, 5) is 12.0. The molecule has 1 aliphatic carbocycles. The number of nitrogens with one attached hydrogen (secondary N) is 1. The van der Waals surface area contributed by atoms with Gasteiger partial charge < -0.3 is 14.8 Å². The molecule has 0 aliphatic heterocycles. The largest absolute Gasteiger partial charge is 0.490 e. The first-order chi connectivity index (χ1) is 9.20. The second-order valence-electron chi connectivity index (χ2n) is 4.97. The molecule has 2 unspecified atom stereocenters. The fourth-order valence-electron chi connectivity index (χ4n) is 2.73. The predicted octanol–water partition coefficient (Wildman–Crippen LogP) is 2.14. The number of methoxy groups -OCH3 is 1. The molecule has 1 fully saturated rings. The van der Waals surface area contributed by atoms with Crippen molar-refractivity contribution >= 4 is 5.97 Å². The van der Waals surface area contributed by atoms with Crippen molar-refractivity contribution < 1.29 is 14.3 Å². The van der Waals surface area contributed by atoms with E-state index in [1.54, 1.807) is 0 Å². The molecular weight excluding hydrogens is 242 g/mol.